The van der Waals surface area contributed by atoms with Crippen molar-refractivity contribution in [1.29, 1.82) is 0 Å². The number of hydrogen-bond acceptors (Lipinski definition) is 2. The summed E-state index contributed by atoms with van der Waals surface area (Å²) in [6, 6.07) is 8.00. The molecule has 1 nitrogen and oxygen atoms in total. The lowest BCUT2D eigenvalue weighted by Gasteiger charge is -2.19. The summed E-state index contributed by atoms with van der Waals surface area (Å²) in [5.41, 5.74) is 2.13. The first-order valence-electron chi connectivity index (χ1n) is 6.63. The molecule has 0 amide bonds. The van der Waals surface area contributed by atoms with Crippen LogP contribution in [0.3, 0.4) is 0 Å². The Morgan fingerprint density at radius 3 is 2.57 bits per heavy atom. The van der Waals surface area contributed by atoms with Crippen LogP contribution < -0.4 is 5.32 Å². The van der Waals surface area contributed by atoms with Crippen LogP contribution in [0.4, 0.5) is 0 Å². The highest BCUT2D eigenvalue weighted by Crippen LogP contribution is 2.37. The van der Waals surface area contributed by atoms with Crippen LogP contribution in [0, 0.1) is 0 Å². The maximum absolute atomic E-state index is 6.33. The van der Waals surface area contributed by atoms with Crippen LogP contribution in [-0.2, 0) is 6.42 Å². The Labute approximate surface area is 152 Å². The highest BCUT2D eigenvalue weighted by atomic mass is 79.9. The van der Waals surface area contributed by atoms with Crippen LogP contribution in [0.25, 0.3) is 0 Å². The summed E-state index contributed by atoms with van der Waals surface area (Å²) < 4.78 is 2.42. The Balaban J connectivity index is 2.26. The van der Waals surface area contributed by atoms with Crippen LogP contribution >= 0.6 is 62.1 Å². The first kappa shape index (κ1) is 17.6. The Morgan fingerprint density at radius 2 is 2.00 bits per heavy atom. The molecule has 1 aromatic carbocycles. The summed E-state index contributed by atoms with van der Waals surface area (Å²) in [5, 5.41) is 4.28. The van der Waals surface area contributed by atoms with Gasteiger partial charge in [-0.1, -0.05) is 63.7 Å². The quantitative estimate of drug-likeness (QED) is 0.537. The van der Waals surface area contributed by atoms with Crippen molar-refractivity contribution < 1.29 is 0 Å². The Hall–Kier alpha value is 0.230. The SMILES string of the molecule is CCCNC(Cc1ccc(Br)cc1Cl)c1cc(Cl)sc1Cl. The fourth-order valence-corrected chi connectivity index (χ4v) is 4.44. The average molecular weight is 428 g/mol. The Morgan fingerprint density at radius 1 is 1.24 bits per heavy atom. The lowest BCUT2D eigenvalue weighted by atomic mass is 10.0. The molecule has 0 spiro atoms. The van der Waals surface area contributed by atoms with Gasteiger partial charge in [0.1, 0.15) is 0 Å². The van der Waals surface area contributed by atoms with E-state index in [2.05, 4.69) is 28.2 Å². The lowest BCUT2D eigenvalue weighted by molar-refractivity contribution is 0.531. The summed E-state index contributed by atoms with van der Waals surface area (Å²) in [6.45, 7) is 3.06. The van der Waals surface area contributed by atoms with Gasteiger partial charge in [-0.2, -0.15) is 0 Å². The molecule has 1 N–H and O–H groups in total. The van der Waals surface area contributed by atoms with E-state index in [1.807, 2.05) is 24.3 Å². The molecule has 0 aliphatic carbocycles. The van der Waals surface area contributed by atoms with Crippen LogP contribution in [-0.4, -0.2) is 6.54 Å². The maximum Gasteiger partial charge on any atom is 0.0992 e. The fourth-order valence-electron chi connectivity index (χ4n) is 2.11. The number of halogens is 4. The predicted molar refractivity (Wildman–Crippen MR) is 98.2 cm³/mol. The molecule has 0 aliphatic rings. The van der Waals surface area contributed by atoms with E-state index in [1.54, 1.807) is 0 Å². The third-order valence-corrected chi connectivity index (χ3v) is 5.50. The Bertz CT molecular complexity index is 615. The van der Waals surface area contributed by atoms with Crippen molar-refractivity contribution in [2.75, 3.05) is 6.54 Å². The predicted octanol–water partition coefficient (Wildman–Crippen LogP) is 6.75. The molecule has 0 aliphatic heterocycles. The highest BCUT2D eigenvalue weighted by molar-refractivity contribution is 9.10. The normalized spacial score (nSPS) is 12.6. The molecule has 0 saturated carbocycles. The van der Waals surface area contributed by atoms with Crippen molar-refractivity contribution in [3.05, 3.63) is 53.6 Å². The van der Waals surface area contributed by atoms with Gasteiger partial charge in [0.15, 0.2) is 0 Å². The van der Waals surface area contributed by atoms with E-state index in [9.17, 15) is 0 Å². The number of benzene rings is 1. The molecule has 2 aromatic rings. The van der Waals surface area contributed by atoms with Gasteiger partial charge < -0.3 is 5.32 Å². The van der Waals surface area contributed by atoms with Crippen molar-refractivity contribution in [3.8, 4) is 0 Å². The van der Waals surface area contributed by atoms with E-state index in [0.29, 0.717) is 4.34 Å². The van der Waals surface area contributed by atoms with Crippen LogP contribution in [0.5, 0.6) is 0 Å². The van der Waals surface area contributed by atoms with Gasteiger partial charge in [-0.15, -0.1) is 11.3 Å². The van der Waals surface area contributed by atoms with E-state index in [1.165, 1.54) is 11.3 Å². The minimum atomic E-state index is 0.111. The second-order valence-electron chi connectivity index (χ2n) is 4.73. The summed E-state index contributed by atoms with van der Waals surface area (Å²) in [7, 11) is 0. The molecule has 6 heteroatoms. The maximum atomic E-state index is 6.33. The minimum Gasteiger partial charge on any atom is -0.310 e. The van der Waals surface area contributed by atoms with Gasteiger partial charge >= 0.3 is 0 Å². The third-order valence-electron chi connectivity index (χ3n) is 3.14. The topological polar surface area (TPSA) is 12.0 Å². The molecule has 0 radical (unpaired) electrons. The summed E-state index contributed by atoms with van der Waals surface area (Å²) in [4.78, 5) is 0. The van der Waals surface area contributed by atoms with E-state index in [0.717, 1.165) is 44.3 Å². The van der Waals surface area contributed by atoms with E-state index in [-0.39, 0.29) is 6.04 Å². The third kappa shape index (κ3) is 4.85. The molecule has 21 heavy (non-hydrogen) atoms. The summed E-state index contributed by atoms with van der Waals surface area (Å²) >= 11 is 23.5. The zero-order chi connectivity index (χ0) is 15.4. The zero-order valence-electron chi connectivity index (χ0n) is 11.4. The largest absolute Gasteiger partial charge is 0.310 e. The molecule has 1 aromatic heterocycles. The lowest BCUT2D eigenvalue weighted by Crippen LogP contribution is -2.24. The number of rotatable bonds is 6. The first-order chi connectivity index (χ1) is 10.0. The molecule has 2 rings (SSSR count). The van der Waals surface area contributed by atoms with Gasteiger partial charge in [-0.3, -0.25) is 0 Å². The first-order valence-corrected chi connectivity index (χ1v) is 9.37. The standard InChI is InChI=1S/C15H15BrCl3NS/c1-2-5-20-13(11-8-14(18)21-15(11)19)6-9-3-4-10(16)7-12(9)17/h3-4,7-8,13,20H,2,5-6H2,1H3. The number of thiophene rings is 1. The minimum absolute atomic E-state index is 0.111. The van der Waals surface area contributed by atoms with Gasteiger partial charge in [0.05, 0.1) is 8.67 Å². The van der Waals surface area contributed by atoms with Crippen molar-refractivity contribution in [2.45, 2.75) is 25.8 Å². The van der Waals surface area contributed by atoms with Gasteiger partial charge in [-0.25, -0.2) is 0 Å². The van der Waals surface area contributed by atoms with Crippen molar-refractivity contribution >= 4 is 62.1 Å². The molecular formula is C15H15BrCl3NS. The molecule has 1 unspecified atom stereocenters. The number of hydrogen-bond donors (Lipinski definition) is 1. The molecular weight excluding hydrogens is 413 g/mol. The smallest absolute Gasteiger partial charge is 0.0992 e. The fraction of sp³-hybridized carbons (Fsp3) is 0.333. The molecule has 0 bridgehead atoms. The van der Waals surface area contributed by atoms with Crippen LogP contribution in [0.1, 0.15) is 30.5 Å². The van der Waals surface area contributed by atoms with Gasteiger partial charge in [0.25, 0.3) is 0 Å². The van der Waals surface area contributed by atoms with E-state index < -0.39 is 0 Å². The molecule has 1 heterocycles. The highest BCUT2D eigenvalue weighted by Gasteiger charge is 2.18. The van der Waals surface area contributed by atoms with Crippen molar-refractivity contribution in [2.24, 2.45) is 0 Å². The van der Waals surface area contributed by atoms with Gasteiger partial charge in [-0.05, 0) is 43.1 Å². The Kier molecular flexibility index (Phi) is 6.85. The second-order valence-corrected chi connectivity index (χ2v) is 8.33. The molecule has 1 atom stereocenters. The zero-order valence-corrected chi connectivity index (χ0v) is 16.1. The second kappa shape index (κ2) is 8.19. The van der Waals surface area contributed by atoms with E-state index >= 15 is 0 Å². The van der Waals surface area contributed by atoms with E-state index in [4.69, 9.17) is 34.8 Å². The molecule has 0 saturated heterocycles. The van der Waals surface area contributed by atoms with Gasteiger partial charge in [0.2, 0.25) is 0 Å². The van der Waals surface area contributed by atoms with Gasteiger partial charge in [0, 0.05) is 21.1 Å². The summed E-state index contributed by atoms with van der Waals surface area (Å²) in [5.74, 6) is 0. The number of nitrogens with one attached hydrogen (secondary N) is 1. The van der Waals surface area contributed by atoms with Crippen LogP contribution in [0.2, 0.25) is 13.7 Å². The van der Waals surface area contributed by atoms with Crippen LogP contribution in [0.15, 0.2) is 28.7 Å². The monoisotopic (exact) mass is 425 g/mol. The van der Waals surface area contributed by atoms with Crippen molar-refractivity contribution in [1.82, 2.24) is 5.32 Å². The van der Waals surface area contributed by atoms with Crippen molar-refractivity contribution in [3.63, 3.8) is 0 Å². The molecule has 0 fully saturated rings. The molecule has 114 valence electrons. The average Bonchev–Trinajstić information content (AvgIpc) is 2.76. The summed E-state index contributed by atoms with van der Waals surface area (Å²) in [6.07, 6.45) is 1.83.